The molecule has 27 heavy (non-hydrogen) atoms. The van der Waals surface area contributed by atoms with E-state index in [1.165, 1.54) is 12.1 Å². The summed E-state index contributed by atoms with van der Waals surface area (Å²) in [6, 6.07) is 6.55. The molecule has 0 bridgehead atoms. The summed E-state index contributed by atoms with van der Waals surface area (Å²) in [5, 5.41) is 2.84. The summed E-state index contributed by atoms with van der Waals surface area (Å²) in [4.78, 5) is 18.6. The molecule has 0 spiro atoms. The molecule has 3 heterocycles. The number of benzene rings is 1. The van der Waals surface area contributed by atoms with Gasteiger partial charge >= 0.3 is 6.03 Å². The standard InChI is InChI=1S/C18H25FN4O3S/c19-14-1-3-16(4-2-14)21-6-8-22(9-7-21)17-11-23(12-17)18(24)20-15-5-10-27(25,26)13-15/h1-4,15,17H,5-13H2,(H,20,24). The Balaban J connectivity index is 1.20. The van der Waals surface area contributed by atoms with Crippen LogP contribution in [0.25, 0.3) is 0 Å². The van der Waals surface area contributed by atoms with Gasteiger partial charge in [0.15, 0.2) is 9.84 Å². The zero-order valence-corrected chi connectivity index (χ0v) is 16.0. The highest BCUT2D eigenvalue weighted by atomic mass is 32.2. The average Bonchev–Trinajstić information content (AvgIpc) is 2.93. The number of halogens is 1. The molecule has 3 aliphatic heterocycles. The summed E-state index contributed by atoms with van der Waals surface area (Å²) >= 11 is 0. The van der Waals surface area contributed by atoms with E-state index in [0.717, 1.165) is 31.9 Å². The molecule has 1 aromatic carbocycles. The molecule has 7 nitrogen and oxygen atoms in total. The third-order valence-corrected chi connectivity index (χ3v) is 7.50. The van der Waals surface area contributed by atoms with Gasteiger partial charge in [-0.2, -0.15) is 0 Å². The van der Waals surface area contributed by atoms with Crippen molar-refractivity contribution in [2.75, 3.05) is 55.7 Å². The Hall–Kier alpha value is -1.87. The summed E-state index contributed by atoms with van der Waals surface area (Å²) in [6.07, 6.45) is 0.511. The number of hydrogen-bond acceptors (Lipinski definition) is 5. The number of carbonyl (C=O) groups excluding carboxylic acids is 1. The number of nitrogens with zero attached hydrogens (tertiary/aromatic N) is 3. The quantitative estimate of drug-likeness (QED) is 0.807. The number of likely N-dealkylation sites (tertiary alicyclic amines) is 1. The average molecular weight is 396 g/mol. The lowest BCUT2D eigenvalue weighted by Gasteiger charge is -2.48. The van der Waals surface area contributed by atoms with Crippen LogP contribution in [0.4, 0.5) is 14.9 Å². The lowest BCUT2D eigenvalue weighted by Crippen LogP contribution is -2.66. The third kappa shape index (κ3) is 4.19. The number of nitrogens with one attached hydrogen (secondary N) is 1. The fourth-order valence-corrected chi connectivity index (χ4v) is 5.70. The largest absolute Gasteiger partial charge is 0.369 e. The van der Waals surface area contributed by atoms with Gasteiger partial charge < -0.3 is 15.1 Å². The van der Waals surface area contributed by atoms with Gasteiger partial charge in [-0.15, -0.1) is 0 Å². The van der Waals surface area contributed by atoms with Crippen molar-refractivity contribution in [2.24, 2.45) is 0 Å². The lowest BCUT2D eigenvalue weighted by molar-refractivity contribution is 0.0524. The van der Waals surface area contributed by atoms with Gasteiger partial charge in [0.25, 0.3) is 0 Å². The van der Waals surface area contributed by atoms with Gasteiger partial charge in [0, 0.05) is 57.0 Å². The number of sulfone groups is 1. The first-order valence-electron chi connectivity index (χ1n) is 9.40. The van der Waals surface area contributed by atoms with Crippen LogP contribution in [0.3, 0.4) is 0 Å². The van der Waals surface area contributed by atoms with E-state index in [0.29, 0.717) is 25.6 Å². The molecule has 0 aliphatic carbocycles. The smallest absolute Gasteiger partial charge is 0.317 e. The van der Waals surface area contributed by atoms with Crippen LogP contribution in [0.15, 0.2) is 24.3 Å². The summed E-state index contributed by atoms with van der Waals surface area (Å²) in [5.74, 6) is 0.000650. The minimum atomic E-state index is -2.98. The van der Waals surface area contributed by atoms with E-state index >= 15 is 0 Å². The van der Waals surface area contributed by atoms with E-state index in [1.54, 1.807) is 4.90 Å². The van der Waals surface area contributed by atoms with E-state index in [-0.39, 0.29) is 29.4 Å². The molecule has 1 aromatic rings. The van der Waals surface area contributed by atoms with Gasteiger partial charge in [-0.25, -0.2) is 17.6 Å². The Kier molecular flexibility index (Phi) is 4.98. The summed E-state index contributed by atoms with van der Waals surface area (Å²) < 4.78 is 36.0. The van der Waals surface area contributed by atoms with Gasteiger partial charge in [0.1, 0.15) is 5.82 Å². The van der Waals surface area contributed by atoms with Crippen LogP contribution in [0.5, 0.6) is 0 Å². The highest BCUT2D eigenvalue weighted by Gasteiger charge is 2.38. The molecule has 1 unspecified atom stereocenters. The van der Waals surface area contributed by atoms with Crippen LogP contribution in [0.2, 0.25) is 0 Å². The number of piperazine rings is 1. The summed E-state index contributed by atoms with van der Waals surface area (Å²) in [5.41, 5.74) is 1.04. The SMILES string of the molecule is O=C(NC1CCS(=O)(=O)C1)N1CC(N2CCN(c3ccc(F)cc3)CC2)C1. The van der Waals surface area contributed by atoms with Crippen molar-refractivity contribution in [3.8, 4) is 0 Å². The first-order chi connectivity index (χ1) is 12.9. The number of anilines is 1. The molecule has 3 saturated heterocycles. The monoisotopic (exact) mass is 396 g/mol. The fraction of sp³-hybridized carbons (Fsp3) is 0.611. The second kappa shape index (κ2) is 7.27. The van der Waals surface area contributed by atoms with Gasteiger partial charge in [-0.05, 0) is 30.7 Å². The number of rotatable bonds is 3. The minimum Gasteiger partial charge on any atom is -0.369 e. The van der Waals surface area contributed by atoms with Crippen molar-refractivity contribution in [3.63, 3.8) is 0 Å². The van der Waals surface area contributed by atoms with Crippen LogP contribution in [0, 0.1) is 5.82 Å². The van der Waals surface area contributed by atoms with Crippen molar-refractivity contribution < 1.29 is 17.6 Å². The Morgan fingerprint density at radius 3 is 2.33 bits per heavy atom. The highest BCUT2D eigenvalue weighted by molar-refractivity contribution is 7.91. The van der Waals surface area contributed by atoms with Gasteiger partial charge in [-0.1, -0.05) is 0 Å². The molecular weight excluding hydrogens is 371 g/mol. The molecule has 0 aromatic heterocycles. The minimum absolute atomic E-state index is 0.0569. The number of urea groups is 1. The Morgan fingerprint density at radius 1 is 1.07 bits per heavy atom. The van der Waals surface area contributed by atoms with Crippen molar-refractivity contribution in [3.05, 3.63) is 30.1 Å². The van der Waals surface area contributed by atoms with Crippen molar-refractivity contribution in [1.29, 1.82) is 0 Å². The van der Waals surface area contributed by atoms with Crippen molar-refractivity contribution >= 4 is 21.6 Å². The van der Waals surface area contributed by atoms with E-state index in [2.05, 4.69) is 15.1 Å². The van der Waals surface area contributed by atoms with E-state index in [1.807, 2.05) is 12.1 Å². The van der Waals surface area contributed by atoms with Crippen LogP contribution in [0.1, 0.15) is 6.42 Å². The normalized spacial score (nSPS) is 26.0. The molecule has 9 heteroatoms. The molecule has 0 saturated carbocycles. The van der Waals surface area contributed by atoms with Crippen molar-refractivity contribution in [2.45, 2.75) is 18.5 Å². The fourth-order valence-electron chi connectivity index (χ4n) is 4.02. The topological polar surface area (TPSA) is 73.0 Å². The maximum Gasteiger partial charge on any atom is 0.317 e. The predicted octanol–water partition coefficient (Wildman–Crippen LogP) is 0.529. The summed E-state index contributed by atoms with van der Waals surface area (Å²) in [6.45, 7) is 4.96. The summed E-state index contributed by atoms with van der Waals surface area (Å²) in [7, 11) is -2.98. The number of amides is 2. The Morgan fingerprint density at radius 2 is 1.74 bits per heavy atom. The van der Waals surface area contributed by atoms with Crippen LogP contribution in [-0.2, 0) is 9.84 Å². The van der Waals surface area contributed by atoms with E-state index in [9.17, 15) is 17.6 Å². The second-order valence-corrected chi connectivity index (χ2v) is 9.84. The molecule has 1 N–H and O–H groups in total. The molecule has 1 atom stereocenters. The maximum absolute atomic E-state index is 13.0. The first-order valence-corrected chi connectivity index (χ1v) is 11.2. The van der Waals surface area contributed by atoms with Crippen LogP contribution in [-0.4, -0.2) is 87.1 Å². The molecule has 4 rings (SSSR count). The highest BCUT2D eigenvalue weighted by Crippen LogP contribution is 2.21. The van der Waals surface area contributed by atoms with E-state index < -0.39 is 9.84 Å². The van der Waals surface area contributed by atoms with Crippen LogP contribution >= 0.6 is 0 Å². The molecular formula is C18H25FN4O3S. The Bertz CT molecular complexity index is 787. The molecule has 3 fully saturated rings. The maximum atomic E-state index is 13.0. The second-order valence-electron chi connectivity index (χ2n) is 7.61. The zero-order chi connectivity index (χ0) is 19.0. The molecule has 0 radical (unpaired) electrons. The Labute approximate surface area is 159 Å². The predicted molar refractivity (Wildman–Crippen MR) is 101 cm³/mol. The van der Waals surface area contributed by atoms with Crippen LogP contribution < -0.4 is 10.2 Å². The van der Waals surface area contributed by atoms with Crippen molar-refractivity contribution in [1.82, 2.24) is 15.1 Å². The number of hydrogen-bond donors (Lipinski definition) is 1. The van der Waals surface area contributed by atoms with Gasteiger partial charge in [0.2, 0.25) is 0 Å². The third-order valence-electron chi connectivity index (χ3n) is 5.73. The molecule has 2 amide bonds. The number of carbonyl (C=O) groups is 1. The van der Waals surface area contributed by atoms with Gasteiger partial charge in [0.05, 0.1) is 11.5 Å². The van der Waals surface area contributed by atoms with E-state index in [4.69, 9.17) is 0 Å². The molecule has 3 aliphatic rings. The zero-order valence-electron chi connectivity index (χ0n) is 15.2. The first kappa shape index (κ1) is 18.5. The molecule has 148 valence electrons. The lowest BCUT2D eigenvalue weighted by atomic mass is 10.1. The van der Waals surface area contributed by atoms with Gasteiger partial charge in [-0.3, -0.25) is 4.90 Å².